The highest BCUT2D eigenvalue weighted by Gasteiger charge is 2.16. The molecule has 0 amide bonds. The molecule has 2 nitrogen and oxygen atoms in total. The fraction of sp³-hybridized carbons (Fsp3) is 0.833. The summed E-state index contributed by atoms with van der Waals surface area (Å²) in [5, 5.41) is 3.44. The van der Waals surface area contributed by atoms with Crippen LogP contribution in [0.1, 0.15) is 26.2 Å². The second-order valence-corrected chi connectivity index (χ2v) is 4.76. The zero-order valence-electron chi connectivity index (χ0n) is 9.26. The average molecular weight is 194 g/mol. The van der Waals surface area contributed by atoms with Gasteiger partial charge in [-0.25, -0.2) is 0 Å². The third kappa shape index (κ3) is 2.82. The Balaban J connectivity index is 1.67. The Hall–Kier alpha value is -0.340. The van der Waals surface area contributed by atoms with E-state index in [2.05, 4.69) is 23.2 Å². The van der Waals surface area contributed by atoms with Crippen LogP contribution in [0.5, 0.6) is 0 Å². The van der Waals surface area contributed by atoms with Crippen LogP contribution in [0.2, 0.25) is 0 Å². The zero-order valence-corrected chi connectivity index (χ0v) is 9.26. The van der Waals surface area contributed by atoms with E-state index in [1.54, 1.807) is 5.57 Å². The highest BCUT2D eigenvalue weighted by atomic mass is 15.1. The van der Waals surface area contributed by atoms with Crippen molar-refractivity contribution in [3.63, 3.8) is 0 Å². The van der Waals surface area contributed by atoms with Crippen LogP contribution in [-0.2, 0) is 0 Å². The second-order valence-electron chi connectivity index (χ2n) is 4.76. The van der Waals surface area contributed by atoms with E-state index in [1.165, 1.54) is 52.0 Å². The molecule has 1 N–H and O–H groups in total. The maximum Gasteiger partial charge on any atom is 0.0190 e. The first-order valence-corrected chi connectivity index (χ1v) is 5.93. The standard InChI is InChI=1S/C12H22N2/c1-11-3-2-7-14(10-11)8-5-12-4-6-13-9-12/h3,12-13H,2,4-10H2,1H3. The molecule has 1 saturated heterocycles. The van der Waals surface area contributed by atoms with Gasteiger partial charge in [0.1, 0.15) is 0 Å². The molecule has 0 radical (unpaired) electrons. The monoisotopic (exact) mass is 194 g/mol. The molecule has 2 heteroatoms. The van der Waals surface area contributed by atoms with E-state index in [0.717, 1.165) is 5.92 Å². The van der Waals surface area contributed by atoms with Crippen LogP contribution in [0.4, 0.5) is 0 Å². The van der Waals surface area contributed by atoms with Crippen molar-refractivity contribution in [2.45, 2.75) is 26.2 Å². The van der Waals surface area contributed by atoms with E-state index in [1.807, 2.05) is 0 Å². The van der Waals surface area contributed by atoms with Crippen molar-refractivity contribution >= 4 is 0 Å². The van der Waals surface area contributed by atoms with Gasteiger partial charge in [0, 0.05) is 13.1 Å². The van der Waals surface area contributed by atoms with Crippen LogP contribution < -0.4 is 5.32 Å². The van der Waals surface area contributed by atoms with Crippen LogP contribution in [-0.4, -0.2) is 37.6 Å². The van der Waals surface area contributed by atoms with Crippen molar-refractivity contribution in [3.05, 3.63) is 11.6 Å². The van der Waals surface area contributed by atoms with Crippen LogP contribution in [0.15, 0.2) is 11.6 Å². The van der Waals surface area contributed by atoms with Crippen LogP contribution in [0, 0.1) is 5.92 Å². The van der Waals surface area contributed by atoms with Crippen molar-refractivity contribution in [3.8, 4) is 0 Å². The normalized spacial score (nSPS) is 29.2. The maximum absolute atomic E-state index is 3.44. The molecule has 0 aliphatic carbocycles. The highest BCUT2D eigenvalue weighted by Crippen LogP contribution is 2.15. The third-order valence-corrected chi connectivity index (χ3v) is 3.43. The molecular weight excluding hydrogens is 172 g/mol. The lowest BCUT2D eigenvalue weighted by atomic mass is 10.0. The van der Waals surface area contributed by atoms with Gasteiger partial charge in [-0.1, -0.05) is 11.6 Å². The van der Waals surface area contributed by atoms with Crippen molar-refractivity contribution in [1.29, 1.82) is 0 Å². The minimum Gasteiger partial charge on any atom is -0.316 e. The number of nitrogens with zero attached hydrogens (tertiary/aromatic N) is 1. The minimum atomic E-state index is 0.946. The van der Waals surface area contributed by atoms with Crippen molar-refractivity contribution in [2.75, 3.05) is 32.7 Å². The molecule has 2 heterocycles. The van der Waals surface area contributed by atoms with Gasteiger partial charge in [0.05, 0.1) is 0 Å². The maximum atomic E-state index is 3.44. The molecule has 2 rings (SSSR count). The highest BCUT2D eigenvalue weighted by molar-refractivity contribution is 5.04. The Morgan fingerprint density at radius 1 is 1.57 bits per heavy atom. The summed E-state index contributed by atoms with van der Waals surface area (Å²) < 4.78 is 0. The van der Waals surface area contributed by atoms with E-state index >= 15 is 0 Å². The number of rotatable bonds is 3. The Morgan fingerprint density at radius 2 is 2.50 bits per heavy atom. The lowest BCUT2D eigenvalue weighted by molar-refractivity contribution is 0.268. The number of nitrogens with one attached hydrogen (secondary N) is 1. The summed E-state index contributed by atoms with van der Waals surface area (Å²) in [6.45, 7) is 8.53. The van der Waals surface area contributed by atoms with E-state index < -0.39 is 0 Å². The van der Waals surface area contributed by atoms with Gasteiger partial charge < -0.3 is 5.32 Å². The smallest absolute Gasteiger partial charge is 0.0190 e. The van der Waals surface area contributed by atoms with Gasteiger partial charge in [0.25, 0.3) is 0 Å². The largest absolute Gasteiger partial charge is 0.316 e. The van der Waals surface area contributed by atoms with Gasteiger partial charge in [0.2, 0.25) is 0 Å². The van der Waals surface area contributed by atoms with Gasteiger partial charge >= 0.3 is 0 Å². The molecule has 0 bridgehead atoms. The van der Waals surface area contributed by atoms with E-state index in [0.29, 0.717) is 0 Å². The zero-order chi connectivity index (χ0) is 9.80. The van der Waals surface area contributed by atoms with Gasteiger partial charge in [0.15, 0.2) is 0 Å². The molecule has 2 aliphatic heterocycles. The predicted octanol–water partition coefficient (Wildman–Crippen LogP) is 1.64. The molecule has 0 aromatic heterocycles. The molecule has 2 aliphatic rings. The minimum absolute atomic E-state index is 0.946. The Bertz CT molecular complexity index is 204. The molecule has 1 unspecified atom stereocenters. The second kappa shape index (κ2) is 4.94. The molecule has 0 spiro atoms. The lowest BCUT2D eigenvalue weighted by Gasteiger charge is -2.26. The van der Waals surface area contributed by atoms with Crippen LogP contribution >= 0.6 is 0 Å². The summed E-state index contributed by atoms with van der Waals surface area (Å²) in [4.78, 5) is 2.60. The molecule has 0 aromatic rings. The SMILES string of the molecule is CC1=CCCN(CCC2CCNC2)C1. The lowest BCUT2D eigenvalue weighted by Crippen LogP contribution is -2.31. The molecule has 1 atom stereocenters. The third-order valence-electron chi connectivity index (χ3n) is 3.43. The summed E-state index contributed by atoms with van der Waals surface area (Å²) in [7, 11) is 0. The topological polar surface area (TPSA) is 15.3 Å². The van der Waals surface area contributed by atoms with Gasteiger partial charge in [-0.05, 0) is 51.7 Å². The van der Waals surface area contributed by atoms with Gasteiger partial charge in [-0.3, -0.25) is 4.90 Å². The first-order valence-electron chi connectivity index (χ1n) is 5.93. The molecule has 0 aromatic carbocycles. The Kier molecular flexibility index (Phi) is 3.60. The van der Waals surface area contributed by atoms with Gasteiger partial charge in [-0.15, -0.1) is 0 Å². The summed E-state index contributed by atoms with van der Waals surface area (Å²) in [6, 6.07) is 0. The number of hydrogen-bond acceptors (Lipinski definition) is 2. The first-order chi connectivity index (χ1) is 6.84. The van der Waals surface area contributed by atoms with E-state index in [-0.39, 0.29) is 0 Å². The fourth-order valence-corrected chi connectivity index (χ4v) is 2.51. The Morgan fingerprint density at radius 3 is 3.21 bits per heavy atom. The summed E-state index contributed by atoms with van der Waals surface area (Å²) in [5.74, 6) is 0.946. The predicted molar refractivity (Wildman–Crippen MR) is 60.4 cm³/mol. The first kappa shape index (κ1) is 10.2. The fourth-order valence-electron chi connectivity index (χ4n) is 2.51. The van der Waals surface area contributed by atoms with Gasteiger partial charge in [-0.2, -0.15) is 0 Å². The van der Waals surface area contributed by atoms with E-state index in [9.17, 15) is 0 Å². The summed E-state index contributed by atoms with van der Waals surface area (Å²) in [5.41, 5.74) is 1.56. The van der Waals surface area contributed by atoms with Crippen molar-refractivity contribution in [1.82, 2.24) is 10.2 Å². The summed E-state index contributed by atoms with van der Waals surface area (Å²) >= 11 is 0. The number of hydrogen-bond donors (Lipinski definition) is 1. The van der Waals surface area contributed by atoms with Crippen LogP contribution in [0.3, 0.4) is 0 Å². The average Bonchev–Trinajstić information content (AvgIpc) is 2.67. The summed E-state index contributed by atoms with van der Waals surface area (Å²) in [6.07, 6.45) is 6.42. The Labute approximate surface area is 87.4 Å². The van der Waals surface area contributed by atoms with Crippen molar-refractivity contribution < 1.29 is 0 Å². The van der Waals surface area contributed by atoms with Crippen molar-refractivity contribution in [2.24, 2.45) is 5.92 Å². The van der Waals surface area contributed by atoms with E-state index in [4.69, 9.17) is 0 Å². The van der Waals surface area contributed by atoms with Crippen LogP contribution in [0.25, 0.3) is 0 Å². The quantitative estimate of drug-likeness (QED) is 0.687. The molecule has 0 saturated carbocycles. The molecular formula is C12H22N2. The molecule has 1 fully saturated rings. The molecule has 80 valence electrons. The molecule has 14 heavy (non-hydrogen) atoms.